The average molecular weight is 294 g/mol. The van der Waals surface area contributed by atoms with Gasteiger partial charge < -0.3 is 10.6 Å². The van der Waals surface area contributed by atoms with Gasteiger partial charge in [-0.05, 0) is 30.9 Å². The molecular weight excluding hydrogens is 276 g/mol. The van der Waals surface area contributed by atoms with Gasteiger partial charge in [0, 0.05) is 11.7 Å². The number of aryl methyl sites for hydroxylation is 1. The molecule has 1 fully saturated rings. The summed E-state index contributed by atoms with van der Waals surface area (Å²) in [5, 5.41) is 6.12. The Labute approximate surface area is 118 Å². The highest BCUT2D eigenvalue weighted by molar-refractivity contribution is 7.91. The molecule has 1 aromatic carbocycles. The molecule has 2 atom stereocenters. The zero-order chi connectivity index (χ0) is 14.2. The second-order valence-corrected chi connectivity index (χ2v) is 7.73. The lowest BCUT2D eigenvalue weighted by atomic mass is 10.1. The largest absolute Gasteiger partial charge is 0.324 e. The Hall–Kier alpha value is -1.40. The van der Waals surface area contributed by atoms with Gasteiger partial charge in [-0.1, -0.05) is 18.2 Å². The zero-order valence-electron chi connectivity index (χ0n) is 11.1. The number of anilines is 1. The van der Waals surface area contributed by atoms with Gasteiger partial charge in [-0.15, -0.1) is 0 Å². The van der Waals surface area contributed by atoms with Gasteiger partial charge in [-0.2, -0.15) is 0 Å². The fraction of sp³-hybridized carbons (Fsp3) is 0.500. The molecule has 0 aliphatic carbocycles. The molecule has 108 valence electrons. The number of carbonyl (C=O) groups is 1. The number of amides is 1. The van der Waals surface area contributed by atoms with Crippen molar-refractivity contribution in [2.45, 2.75) is 31.3 Å². The van der Waals surface area contributed by atoms with Gasteiger partial charge in [0.05, 0.1) is 17.5 Å². The van der Waals surface area contributed by atoms with Crippen molar-refractivity contribution in [1.29, 1.82) is 0 Å². The SMILES string of the molecule is O=C1Nc2ccccc2CCC1NC1CCS(=O)(=O)C1. The number of nitrogens with one attached hydrogen (secondary N) is 2. The maximum absolute atomic E-state index is 12.2. The number of para-hydroxylation sites is 1. The highest BCUT2D eigenvalue weighted by Crippen LogP contribution is 2.22. The van der Waals surface area contributed by atoms with E-state index in [1.807, 2.05) is 24.3 Å². The molecule has 2 unspecified atom stereocenters. The van der Waals surface area contributed by atoms with Crippen molar-refractivity contribution in [1.82, 2.24) is 5.32 Å². The van der Waals surface area contributed by atoms with Crippen molar-refractivity contribution in [3.8, 4) is 0 Å². The van der Waals surface area contributed by atoms with Crippen molar-refractivity contribution >= 4 is 21.4 Å². The lowest BCUT2D eigenvalue weighted by Crippen LogP contribution is -2.45. The van der Waals surface area contributed by atoms with Crippen LogP contribution < -0.4 is 10.6 Å². The van der Waals surface area contributed by atoms with Crippen LogP contribution in [0.15, 0.2) is 24.3 Å². The normalized spacial score (nSPS) is 28.5. The second-order valence-electron chi connectivity index (χ2n) is 5.50. The molecule has 2 heterocycles. The molecule has 0 spiro atoms. The minimum absolute atomic E-state index is 0.0701. The number of benzene rings is 1. The van der Waals surface area contributed by atoms with Gasteiger partial charge in [0.2, 0.25) is 5.91 Å². The number of rotatable bonds is 2. The maximum Gasteiger partial charge on any atom is 0.241 e. The van der Waals surface area contributed by atoms with E-state index in [4.69, 9.17) is 0 Å². The van der Waals surface area contributed by atoms with E-state index >= 15 is 0 Å². The standard InChI is InChI=1S/C14H18N2O3S/c17-14-13(15-11-7-8-20(18,19)9-11)6-5-10-3-1-2-4-12(10)16-14/h1-4,11,13,15H,5-9H2,(H,16,17). The van der Waals surface area contributed by atoms with Crippen molar-refractivity contribution in [3.05, 3.63) is 29.8 Å². The van der Waals surface area contributed by atoms with Gasteiger partial charge in [-0.3, -0.25) is 4.79 Å². The lowest BCUT2D eigenvalue weighted by molar-refractivity contribution is -0.118. The summed E-state index contributed by atoms with van der Waals surface area (Å²) >= 11 is 0. The summed E-state index contributed by atoms with van der Waals surface area (Å²) in [6.07, 6.45) is 2.10. The predicted molar refractivity (Wildman–Crippen MR) is 77.4 cm³/mol. The topological polar surface area (TPSA) is 75.3 Å². The van der Waals surface area contributed by atoms with Crippen LogP contribution in [-0.2, 0) is 21.1 Å². The van der Waals surface area contributed by atoms with E-state index in [0.29, 0.717) is 12.8 Å². The van der Waals surface area contributed by atoms with E-state index in [1.54, 1.807) is 0 Å². The zero-order valence-corrected chi connectivity index (χ0v) is 11.9. The Balaban J connectivity index is 1.69. The first-order valence-corrected chi connectivity index (χ1v) is 8.71. The van der Waals surface area contributed by atoms with Crippen LogP contribution in [0.2, 0.25) is 0 Å². The maximum atomic E-state index is 12.2. The van der Waals surface area contributed by atoms with Crippen LogP contribution in [0.5, 0.6) is 0 Å². The summed E-state index contributed by atoms with van der Waals surface area (Å²) in [4.78, 5) is 12.2. The Morgan fingerprint density at radius 3 is 2.75 bits per heavy atom. The van der Waals surface area contributed by atoms with Crippen LogP contribution >= 0.6 is 0 Å². The molecule has 3 rings (SSSR count). The van der Waals surface area contributed by atoms with Crippen molar-refractivity contribution in [2.24, 2.45) is 0 Å². The molecule has 20 heavy (non-hydrogen) atoms. The van der Waals surface area contributed by atoms with Gasteiger partial charge in [-0.25, -0.2) is 8.42 Å². The first kappa shape index (κ1) is 13.6. The first-order chi connectivity index (χ1) is 9.53. The monoisotopic (exact) mass is 294 g/mol. The van der Waals surface area contributed by atoms with Crippen molar-refractivity contribution in [2.75, 3.05) is 16.8 Å². The van der Waals surface area contributed by atoms with Gasteiger partial charge in [0.25, 0.3) is 0 Å². The van der Waals surface area contributed by atoms with E-state index in [1.165, 1.54) is 0 Å². The number of carbonyl (C=O) groups excluding carboxylic acids is 1. The molecule has 5 nitrogen and oxygen atoms in total. The van der Waals surface area contributed by atoms with Gasteiger partial charge >= 0.3 is 0 Å². The molecule has 1 amide bonds. The Bertz CT molecular complexity index is 627. The summed E-state index contributed by atoms with van der Waals surface area (Å²) in [6.45, 7) is 0. The van der Waals surface area contributed by atoms with E-state index < -0.39 is 9.84 Å². The fourth-order valence-corrected chi connectivity index (χ4v) is 4.57. The lowest BCUT2D eigenvalue weighted by Gasteiger charge is -2.19. The molecule has 2 aliphatic rings. The minimum Gasteiger partial charge on any atom is -0.324 e. The minimum atomic E-state index is -2.92. The third-order valence-electron chi connectivity index (χ3n) is 3.96. The molecule has 0 radical (unpaired) electrons. The predicted octanol–water partition coefficient (Wildman–Crippen LogP) is 0.717. The van der Waals surface area contributed by atoms with Crippen LogP contribution in [-0.4, -0.2) is 37.9 Å². The molecule has 6 heteroatoms. The third kappa shape index (κ3) is 2.86. The number of hydrogen-bond donors (Lipinski definition) is 2. The molecule has 0 saturated carbocycles. The van der Waals surface area contributed by atoms with Crippen LogP contribution in [0.1, 0.15) is 18.4 Å². The van der Waals surface area contributed by atoms with E-state index in [2.05, 4.69) is 10.6 Å². The summed E-state index contributed by atoms with van der Waals surface area (Å²) in [5.74, 6) is 0.294. The molecule has 1 aromatic rings. The first-order valence-electron chi connectivity index (χ1n) is 6.89. The van der Waals surface area contributed by atoms with Crippen LogP contribution in [0, 0.1) is 0 Å². The third-order valence-corrected chi connectivity index (χ3v) is 5.73. The molecule has 0 bridgehead atoms. The summed E-state index contributed by atoms with van der Waals surface area (Å²) < 4.78 is 22.9. The fourth-order valence-electron chi connectivity index (χ4n) is 2.88. The number of hydrogen-bond acceptors (Lipinski definition) is 4. The van der Waals surface area contributed by atoms with Crippen molar-refractivity contribution < 1.29 is 13.2 Å². The van der Waals surface area contributed by atoms with Crippen LogP contribution in [0.4, 0.5) is 5.69 Å². The van der Waals surface area contributed by atoms with E-state index in [-0.39, 0.29) is 29.5 Å². The molecular formula is C14H18N2O3S. The smallest absolute Gasteiger partial charge is 0.241 e. The number of fused-ring (bicyclic) bond motifs is 1. The molecule has 0 aromatic heterocycles. The molecule has 2 aliphatic heterocycles. The summed E-state index contributed by atoms with van der Waals surface area (Å²) in [5.41, 5.74) is 1.99. The highest BCUT2D eigenvalue weighted by atomic mass is 32.2. The van der Waals surface area contributed by atoms with Crippen LogP contribution in [0.3, 0.4) is 0 Å². The number of sulfone groups is 1. The quantitative estimate of drug-likeness (QED) is 0.842. The average Bonchev–Trinajstić information content (AvgIpc) is 2.66. The Morgan fingerprint density at radius 1 is 1.20 bits per heavy atom. The van der Waals surface area contributed by atoms with Crippen molar-refractivity contribution in [3.63, 3.8) is 0 Å². The molecule has 1 saturated heterocycles. The van der Waals surface area contributed by atoms with E-state index in [9.17, 15) is 13.2 Å². The Kier molecular flexibility index (Phi) is 3.52. The summed E-state index contributed by atoms with van der Waals surface area (Å²) in [6, 6.07) is 7.35. The molecule has 2 N–H and O–H groups in total. The van der Waals surface area contributed by atoms with Gasteiger partial charge in [0.15, 0.2) is 9.84 Å². The van der Waals surface area contributed by atoms with Gasteiger partial charge in [0.1, 0.15) is 0 Å². The van der Waals surface area contributed by atoms with Crippen LogP contribution in [0.25, 0.3) is 0 Å². The summed E-state index contributed by atoms with van der Waals surface area (Å²) in [7, 11) is -2.92. The Morgan fingerprint density at radius 2 is 2.00 bits per heavy atom. The second kappa shape index (κ2) is 5.18. The highest BCUT2D eigenvalue weighted by Gasteiger charge is 2.32. The van der Waals surface area contributed by atoms with E-state index in [0.717, 1.165) is 17.7 Å².